The van der Waals surface area contributed by atoms with E-state index in [-0.39, 0.29) is 6.54 Å². The van der Waals surface area contributed by atoms with Gasteiger partial charge in [-0.1, -0.05) is 25.1 Å². The fourth-order valence-corrected chi connectivity index (χ4v) is 3.16. The van der Waals surface area contributed by atoms with E-state index in [1.807, 2.05) is 24.3 Å². The van der Waals surface area contributed by atoms with Gasteiger partial charge in [0, 0.05) is 18.8 Å². The molecule has 1 saturated carbocycles. The molecule has 1 fully saturated rings. The van der Waals surface area contributed by atoms with Crippen LogP contribution in [0, 0.1) is 0 Å². The Labute approximate surface area is 130 Å². The van der Waals surface area contributed by atoms with Crippen molar-refractivity contribution in [2.24, 2.45) is 0 Å². The summed E-state index contributed by atoms with van der Waals surface area (Å²) in [6.45, 7) is 2.84. The number of para-hydroxylation sites is 1. The molecule has 0 spiro atoms. The normalized spacial score (nSPS) is 22.5. The van der Waals surface area contributed by atoms with Gasteiger partial charge < -0.3 is 15.3 Å². The number of aliphatic hydroxyl groups is 1. The van der Waals surface area contributed by atoms with Crippen LogP contribution in [0.5, 0.6) is 0 Å². The molecule has 0 saturated heterocycles. The summed E-state index contributed by atoms with van der Waals surface area (Å²) in [5, 5.41) is 12.6. The number of nitrogens with zero attached hydrogens (tertiary/aromatic N) is 1. The molecule has 2 amide bonds. The lowest BCUT2D eigenvalue weighted by atomic mass is 9.80. The van der Waals surface area contributed by atoms with Crippen molar-refractivity contribution in [1.29, 1.82) is 0 Å². The first-order valence-electron chi connectivity index (χ1n) is 7.91. The van der Waals surface area contributed by atoms with Crippen molar-refractivity contribution >= 4 is 17.5 Å². The number of benzene rings is 1. The maximum absolute atomic E-state index is 12.4. The van der Waals surface area contributed by atoms with Crippen LogP contribution in [0.15, 0.2) is 24.3 Å². The highest BCUT2D eigenvalue weighted by molar-refractivity contribution is 6.40. The fraction of sp³-hybridized carbons (Fsp3) is 0.529. The number of amides is 2. The molecule has 0 radical (unpaired) electrons. The van der Waals surface area contributed by atoms with Gasteiger partial charge in [0.2, 0.25) is 0 Å². The molecule has 0 bridgehead atoms. The number of rotatable bonds is 2. The van der Waals surface area contributed by atoms with E-state index in [1.54, 1.807) is 4.90 Å². The third-order valence-electron chi connectivity index (χ3n) is 4.85. The van der Waals surface area contributed by atoms with Gasteiger partial charge in [-0.3, -0.25) is 9.59 Å². The van der Waals surface area contributed by atoms with Crippen LogP contribution in [-0.4, -0.2) is 35.6 Å². The summed E-state index contributed by atoms with van der Waals surface area (Å²) in [5.41, 5.74) is 1.11. The largest absolute Gasteiger partial charge is 0.388 e. The Morgan fingerprint density at radius 1 is 1.36 bits per heavy atom. The first-order chi connectivity index (χ1) is 10.5. The van der Waals surface area contributed by atoms with Crippen LogP contribution < -0.4 is 10.2 Å². The number of anilines is 1. The molecule has 22 heavy (non-hydrogen) atoms. The first-order valence-corrected chi connectivity index (χ1v) is 7.91. The Morgan fingerprint density at radius 2 is 2.09 bits per heavy atom. The number of fused-ring (bicyclic) bond motifs is 1. The summed E-state index contributed by atoms with van der Waals surface area (Å²) in [4.78, 5) is 26.1. The standard InChI is InChI=1S/C17H22N2O3/c1-12-7-10-19(14-6-3-2-5-13(12)14)16(21)15(20)18-11-17(22)8-4-9-17/h2-3,5-6,12,22H,4,7-11H2,1H3,(H,18,20). The van der Waals surface area contributed by atoms with Crippen LogP contribution >= 0.6 is 0 Å². The van der Waals surface area contributed by atoms with Gasteiger partial charge in [0.05, 0.1) is 5.60 Å². The van der Waals surface area contributed by atoms with Gasteiger partial charge in [-0.25, -0.2) is 0 Å². The minimum Gasteiger partial charge on any atom is -0.388 e. The summed E-state index contributed by atoms with van der Waals surface area (Å²) >= 11 is 0. The monoisotopic (exact) mass is 302 g/mol. The predicted octanol–water partition coefficient (Wildman–Crippen LogP) is 1.56. The van der Waals surface area contributed by atoms with Gasteiger partial charge in [0.25, 0.3) is 0 Å². The zero-order valence-corrected chi connectivity index (χ0v) is 12.8. The first kappa shape index (κ1) is 15.0. The summed E-state index contributed by atoms with van der Waals surface area (Å²) in [6, 6.07) is 7.73. The molecular weight excluding hydrogens is 280 g/mol. The van der Waals surface area contributed by atoms with Gasteiger partial charge >= 0.3 is 11.8 Å². The van der Waals surface area contributed by atoms with E-state index in [9.17, 15) is 14.7 Å². The van der Waals surface area contributed by atoms with Crippen molar-refractivity contribution < 1.29 is 14.7 Å². The Bertz CT molecular complexity index is 595. The number of carbonyl (C=O) groups is 2. The highest BCUT2D eigenvalue weighted by Gasteiger charge is 2.36. The summed E-state index contributed by atoms with van der Waals surface area (Å²) in [5.74, 6) is -0.786. The average Bonchev–Trinajstić information content (AvgIpc) is 2.51. The summed E-state index contributed by atoms with van der Waals surface area (Å²) in [7, 11) is 0. The van der Waals surface area contributed by atoms with Crippen LogP contribution in [0.1, 0.15) is 44.1 Å². The Morgan fingerprint density at radius 3 is 2.77 bits per heavy atom. The van der Waals surface area contributed by atoms with Crippen molar-refractivity contribution in [2.45, 2.75) is 44.1 Å². The maximum atomic E-state index is 12.4. The van der Waals surface area contributed by atoms with Gasteiger partial charge in [0.1, 0.15) is 0 Å². The smallest absolute Gasteiger partial charge is 0.316 e. The van der Waals surface area contributed by atoms with Crippen molar-refractivity contribution in [1.82, 2.24) is 5.32 Å². The Hall–Kier alpha value is -1.88. The molecule has 5 heteroatoms. The third-order valence-corrected chi connectivity index (χ3v) is 4.85. The lowest BCUT2D eigenvalue weighted by Gasteiger charge is -2.37. The molecule has 3 rings (SSSR count). The van der Waals surface area contributed by atoms with Crippen LogP contribution in [0.2, 0.25) is 0 Å². The molecule has 1 aliphatic carbocycles. The van der Waals surface area contributed by atoms with Crippen LogP contribution in [0.3, 0.4) is 0 Å². The topological polar surface area (TPSA) is 69.6 Å². The summed E-state index contributed by atoms with van der Waals surface area (Å²) in [6.07, 6.45) is 3.19. The fourth-order valence-electron chi connectivity index (χ4n) is 3.16. The second kappa shape index (κ2) is 5.72. The van der Waals surface area contributed by atoms with Crippen molar-refractivity contribution in [3.05, 3.63) is 29.8 Å². The van der Waals surface area contributed by atoms with Crippen LogP contribution in [-0.2, 0) is 9.59 Å². The lowest BCUT2D eigenvalue weighted by molar-refractivity contribution is -0.138. The van der Waals surface area contributed by atoms with Gasteiger partial charge in [-0.05, 0) is 43.2 Å². The molecule has 118 valence electrons. The second-order valence-corrected chi connectivity index (χ2v) is 6.47. The zero-order valence-electron chi connectivity index (χ0n) is 12.8. The molecule has 1 heterocycles. The van der Waals surface area contributed by atoms with E-state index in [1.165, 1.54) is 0 Å². The molecule has 2 N–H and O–H groups in total. The summed E-state index contributed by atoms with van der Waals surface area (Å²) < 4.78 is 0. The number of hydrogen-bond acceptors (Lipinski definition) is 3. The molecule has 1 unspecified atom stereocenters. The van der Waals surface area contributed by atoms with E-state index < -0.39 is 17.4 Å². The van der Waals surface area contributed by atoms with E-state index in [0.717, 1.165) is 24.1 Å². The Kier molecular flexibility index (Phi) is 3.91. The van der Waals surface area contributed by atoms with E-state index in [2.05, 4.69) is 12.2 Å². The zero-order chi connectivity index (χ0) is 15.7. The van der Waals surface area contributed by atoms with Gasteiger partial charge in [-0.15, -0.1) is 0 Å². The van der Waals surface area contributed by atoms with Gasteiger partial charge in [-0.2, -0.15) is 0 Å². The van der Waals surface area contributed by atoms with Crippen molar-refractivity contribution in [3.8, 4) is 0 Å². The number of carbonyl (C=O) groups excluding carboxylic acids is 2. The Balaban J connectivity index is 1.69. The third kappa shape index (κ3) is 2.73. The van der Waals surface area contributed by atoms with Crippen LogP contribution in [0.4, 0.5) is 5.69 Å². The molecule has 1 atom stereocenters. The maximum Gasteiger partial charge on any atom is 0.316 e. The minimum atomic E-state index is -0.815. The van der Waals surface area contributed by atoms with Crippen molar-refractivity contribution in [3.63, 3.8) is 0 Å². The molecule has 2 aliphatic rings. The number of nitrogens with one attached hydrogen (secondary N) is 1. The van der Waals surface area contributed by atoms with Crippen LogP contribution in [0.25, 0.3) is 0 Å². The molecule has 0 aromatic heterocycles. The highest BCUT2D eigenvalue weighted by atomic mass is 16.3. The SMILES string of the molecule is CC1CCN(C(=O)C(=O)NCC2(O)CCC2)c2ccccc21. The second-order valence-electron chi connectivity index (χ2n) is 6.47. The minimum absolute atomic E-state index is 0.156. The average molecular weight is 302 g/mol. The molecule has 5 nitrogen and oxygen atoms in total. The molecule has 1 aromatic rings. The van der Waals surface area contributed by atoms with E-state index in [0.29, 0.717) is 25.3 Å². The number of hydrogen-bond donors (Lipinski definition) is 2. The highest BCUT2D eigenvalue weighted by Crippen LogP contribution is 2.35. The molecule has 1 aliphatic heterocycles. The van der Waals surface area contributed by atoms with Crippen molar-refractivity contribution in [2.75, 3.05) is 18.0 Å². The lowest BCUT2D eigenvalue weighted by Crippen LogP contribution is -2.52. The molecular formula is C17H22N2O3. The predicted molar refractivity (Wildman–Crippen MR) is 83.6 cm³/mol. The quantitative estimate of drug-likeness (QED) is 0.815. The molecule has 1 aromatic carbocycles. The van der Waals surface area contributed by atoms with E-state index >= 15 is 0 Å². The van der Waals surface area contributed by atoms with E-state index in [4.69, 9.17) is 0 Å². The van der Waals surface area contributed by atoms with Gasteiger partial charge in [0.15, 0.2) is 0 Å².